The lowest BCUT2D eigenvalue weighted by Gasteiger charge is -2.37. The van der Waals surface area contributed by atoms with Crippen LogP contribution in [-0.4, -0.2) is 36.1 Å². The molecule has 1 aromatic heterocycles. The summed E-state index contributed by atoms with van der Waals surface area (Å²) < 4.78 is 0. The van der Waals surface area contributed by atoms with E-state index in [1.807, 2.05) is 26.4 Å². The zero-order chi connectivity index (χ0) is 13.9. The van der Waals surface area contributed by atoms with Crippen LogP contribution in [0.3, 0.4) is 0 Å². The van der Waals surface area contributed by atoms with Gasteiger partial charge in [-0.1, -0.05) is 6.07 Å². The Morgan fingerprint density at radius 1 is 1.00 bits per heavy atom. The van der Waals surface area contributed by atoms with Crippen LogP contribution in [0.4, 0.5) is 5.82 Å². The summed E-state index contributed by atoms with van der Waals surface area (Å²) in [5.41, 5.74) is 1.30. The molecule has 1 heterocycles. The van der Waals surface area contributed by atoms with Crippen molar-refractivity contribution in [3.63, 3.8) is 0 Å². The second-order valence-corrected chi connectivity index (χ2v) is 5.62. The molecule has 102 valence electrons. The Morgan fingerprint density at radius 3 is 2.00 bits per heavy atom. The summed E-state index contributed by atoms with van der Waals surface area (Å²) in [5, 5.41) is 0. The fourth-order valence-corrected chi connectivity index (χ4v) is 2.76. The van der Waals surface area contributed by atoms with Gasteiger partial charge in [0.2, 0.25) is 0 Å². The van der Waals surface area contributed by atoms with Gasteiger partial charge in [-0.15, -0.1) is 0 Å². The first-order valence-corrected chi connectivity index (χ1v) is 6.76. The van der Waals surface area contributed by atoms with Gasteiger partial charge in [-0.25, -0.2) is 4.98 Å². The first-order chi connectivity index (χ1) is 8.36. The molecule has 0 aromatic carbocycles. The van der Waals surface area contributed by atoms with Crippen molar-refractivity contribution in [3.05, 3.63) is 23.9 Å². The fourth-order valence-electron chi connectivity index (χ4n) is 2.76. The minimum absolute atomic E-state index is 0.371. The largest absolute Gasteiger partial charge is 0.362 e. The quantitative estimate of drug-likeness (QED) is 0.798. The highest BCUT2D eigenvalue weighted by Crippen LogP contribution is 2.29. The monoisotopic (exact) mass is 249 g/mol. The molecule has 0 bridgehead atoms. The Morgan fingerprint density at radius 2 is 1.56 bits per heavy atom. The molecule has 0 saturated carbocycles. The van der Waals surface area contributed by atoms with Crippen LogP contribution >= 0.6 is 0 Å². The summed E-state index contributed by atoms with van der Waals surface area (Å²) in [4.78, 5) is 9.11. The molecule has 0 aliphatic rings. The second kappa shape index (κ2) is 6.19. The highest BCUT2D eigenvalue weighted by Gasteiger charge is 2.24. The highest BCUT2D eigenvalue weighted by molar-refractivity contribution is 5.46. The van der Waals surface area contributed by atoms with Gasteiger partial charge in [-0.2, -0.15) is 0 Å². The summed E-state index contributed by atoms with van der Waals surface area (Å²) in [6.07, 6.45) is 1.86. The number of rotatable bonds is 5. The predicted molar refractivity (Wildman–Crippen MR) is 79.1 cm³/mol. The lowest BCUT2D eigenvalue weighted by atomic mass is 10.0. The SMILES string of the molecule is CC(C)N(C(C)C)C(C)c1cccnc1N(C)C. The molecule has 18 heavy (non-hydrogen) atoms. The average molecular weight is 249 g/mol. The third kappa shape index (κ3) is 3.22. The lowest BCUT2D eigenvalue weighted by molar-refractivity contribution is 0.123. The molecule has 1 atom stereocenters. The summed E-state index contributed by atoms with van der Waals surface area (Å²) in [7, 11) is 4.10. The van der Waals surface area contributed by atoms with Crippen molar-refractivity contribution in [2.24, 2.45) is 0 Å². The Balaban J connectivity index is 3.12. The molecule has 0 radical (unpaired) electrons. The van der Waals surface area contributed by atoms with Gasteiger partial charge in [0.15, 0.2) is 0 Å². The van der Waals surface area contributed by atoms with Crippen molar-refractivity contribution in [1.29, 1.82) is 0 Å². The van der Waals surface area contributed by atoms with Crippen molar-refractivity contribution in [2.75, 3.05) is 19.0 Å². The molecule has 0 saturated heterocycles. The number of pyridine rings is 1. The van der Waals surface area contributed by atoms with Gasteiger partial charge in [0, 0.05) is 44.0 Å². The molecule has 1 rings (SSSR count). The summed E-state index contributed by atoms with van der Waals surface area (Å²) in [6.45, 7) is 11.3. The molecule has 0 aliphatic heterocycles. The third-order valence-corrected chi connectivity index (χ3v) is 3.33. The van der Waals surface area contributed by atoms with Crippen molar-refractivity contribution >= 4 is 5.82 Å². The van der Waals surface area contributed by atoms with Crippen molar-refractivity contribution < 1.29 is 0 Å². The molecular weight excluding hydrogens is 222 g/mol. The minimum Gasteiger partial charge on any atom is -0.362 e. The molecular formula is C15H27N3. The topological polar surface area (TPSA) is 19.4 Å². The van der Waals surface area contributed by atoms with Crippen molar-refractivity contribution in [1.82, 2.24) is 9.88 Å². The van der Waals surface area contributed by atoms with Crippen LogP contribution in [0, 0.1) is 0 Å². The highest BCUT2D eigenvalue weighted by atomic mass is 15.2. The average Bonchev–Trinajstić information content (AvgIpc) is 2.27. The lowest BCUT2D eigenvalue weighted by Crippen LogP contribution is -2.39. The van der Waals surface area contributed by atoms with Crippen LogP contribution in [0.15, 0.2) is 18.3 Å². The van der Waals surface area contributed by atoms with Crippen molar-refractivity contribution in [2.45, 2.75) is 52.7 Å². The number of hydrogen-bond acceptors (Lipinski definition) is 3. The maximum Gasteiger partial charge on any atom is 0.132 e. The number of nitrogens with zero attached hydrogens (tertiary/aromatic N) is 3. The number of anilines is 1. The normalized spacial score (nSPS) is 13.4. The number of aromatic nitrogens is 1. The first kappa shape index (κ1) is 15.0. The zero-order valence-corrected chi connectivity index (χ0v) is 12.8. The predicted octanol–water partition coefficient (Wildman–Crippen LogP) is 3.33. The maximum absolute atomic E-state index is 4.50. The van der Waals surface area contributed by atoms with Gasteiger partial charge in [-0.3, -0.25) is 4.90 Å². The van der Waals surface area contributed by atoms with Gasteiger partial charge in [0.1, 0.15) is 5.82 Å². The van der Waals surface area contributed by atoms with Crippen LogP contribution in [0.25, 0.3) is 0 Å². The Kier molecular flexibility index (Phi) is 5.15. The van der Waals surface area contributed by atoms with Gasteiger partial charge < -0.3 is 4.90 Å². The standard InChI is InChI=1S/C15H27N3/c1-11(2)18(12(3)4)13(5)14-9-8-10-16-15(14)17(6)7/h8-13H,1-7H3. The molecule has 3 nitrogen and oxygen atoms in total. The van der Waals surface area contributed by atoms with E-state index in [0.29, 0.717) is 18.1 Å². The van der Waals surface area contributed by atoms with E-state index in [1.54, 1.807) is 0 Å². The molecule has 0 N–H and O–H groups in total. The smallest absolute Gasteiger partial charge is 0.132 e. The van der Waals surface area contributed by atoms with Crippen LogP contribution in [0.2, 0.25) is 0 Å². The summed E-state index contributed by atoms with van der Waals surface area (Å²) >= 11 is 0. The van der Waals surface area contributed by atoms with Crippen molar-refractivity contribution in [3.8, 4) is 0 Å². The second-order valence-electron chi connectivity index (χ2n) is 5.62. The van der Waals surface area contributed by atoms with Gasteiger partial charge in [0.05, 0.1) is 0 Å². The Bertz CT molecular complexity index is 364. The van der Waals surface area contributed by atoms with E-state index in [9.17, 15) is 0 Å². The van der Waals surface area contributed by atoms with E-state index in [0.717, 1.165) is 5.82 Å². The number of hydrogen-bond donors (Lipinski definition) is 0. The van der Waals surface area contributed by atoms with Crippen LogP contribution in [0.1, 0.15) is 46.2 Å². The minimum atomic E-state index is 0.371. The zero-order valence-electron chi connectivity index (χ0n) is 12.8. The van der Waals surface area contributed by atoms with E-state index in [4.69, 9.17) is 0 Å². The first-order valence-electron chi connectivity index (χ1n) is 6.76. The summed E-state index contributed by atoms with van der Waals surface area (Å²) in [6, 6.07) is 5.63. The molecule has 1 aromatic rings. The van der Waals surface area contributed by atoms with Crippen LogP contribution in [0.5, 0.6) is 0 Å². The molecule has 0 spiro atoms. The fraction of sp³-hybridized carbons (Fsp3) is 0.667. The van der Waals surface area contributed by atoms with Crippen LogP contribution in [-0.2, 0) is 0 Å². The Labute approximate surface area is 112 Å². The van der Waals surface area contributed by atoms with E-state index in [2.05, 4.69) is 55.5 Å². The van der Waals surface area contributed by atoms with E-state index in [-0.39, 0.29) is 0 Å². The summed E-state index contributed by atoms with van der Waals surface area (Å²) in [5.74, 6) is 1.07. The van der Waals surface area contributed by atoms with Gasteiger partial charge in [-0.05, 0) is 40.7 Å². The Hall–Kier alpha value is -1.09. The molecule has 3 heteroatoms. The van der Waals surface area contributed by atoms with Crippen LogP contribution < -0.4 is 4.90 Å². The molecule has 0 aliphatic carbocycles. The van der Waals surface area contributed by atoms with E-state index < -0.39 is 0 Å². The third-order valence-electron chi connectivity index (χ3n) is 3.33. The maximum atomic E-state index is 4.50. The van der Waals surface area contributed by atoms with Gasteiger partial charge >= 0.3 is 0 Å². The molecule has 1 unspecified atom stereocenters. The molecule has 0 amide bonds. The van der Waals surface area contributed by atoms with E-state index in [1.165, 1.54) is 5.56 Å². The van der Waals surface area contributed by atoms with E-state index >= 15 is 0 Å². The molecule has 0 fully saturated rings. The van der Waals surface area contributed by atoms with Gasteiger partial charge in [0.25, 0.3) is 0 Å².